The van der Waals surface area contributed by atoms with Gasteiger partial charge in [-0.15, -0.1) is 0 Å². The first-order chi connectivity index (χ1) is 8.97. The molecule has 19 heavy (non-hydrogen) atoms. The van der Waals surface area contributed by atoms with Crippen molar-refractivity contribution >= 4 is 12.0 Å². The van der Waals surface area contributed by atoms with Gasteiger partial charge in [0.05, 0.1) is 12.5 Å². The summed E-state index contributed by atoms with van der Waals surface area (Å²) in [6.07, 6.45) is 1.50. The van der Waals surface area contributed by atoms with E-state index in [1.54, 1.807) is 4.90 Å². The number of urea groups is 1. The number of aliphatic carboxylic acids is 1. The minimum Gasteiger partial charge on any atom is -0.480 e. The lowest BCUT2D eigenvalue weighted by atomic mass is 10.2. The molecule has 0 unspecified atom stereocenters. The van der Waals surface area contributed by atoms with Crippen LogP contribution in [0.15, 0.2) is 0 Å². The molecule has 1 atom stereocenters. The lowest BCUT2D eigenvalue weighted by Crippen LogP contribution is -2.49. The second-order valence-corrected chi connectivity index (χ2v) is 5.22. The monoisotopic (exact) mass is 267 g/mol. The molecule has 0 radical (unpaired) electrons. The summed E-state index contributed by atoms with van der Waals surface area (Å²) in [4.78, 5) is 26.5. The highest BCUT2D eigenvalue weighted by Crippen LogP contribution is 2.20. The zero-order valence-electron chi connectivity index (χ0n) is 11.5. The minimum atomic E-state index is -0.948. The number of nitrogens with zero attached hydrogens (tertiary/aromatic N) is 3. The fraction of sp³-hybridized carbons (Fsp3) is 0.769. The van der Waals surface area contributed by atoms with E-state index in [9.17, 15) is 9.59 Å². The summed E-state index contributed by atoms with van der Waals surface area (Å²) in [5, 5.41) is 17.7. The molecule has 1 aliphatic rings. The summed E-state index contributed by atoms with van der Waals surface area (Å²) in [5.74, 6) is -0.663. The summed E-state index contributed by atoms with van der Waals surface area (Å²) < 4.78 is 0. The molecule has 2 amide bonds. The van der Waals surface area contributed by atoms with E-state index in [4.69, 9.17) is 10.4 Å². The van der Waals surface area contributed by atoms with E-state index >= 15 is 0 Å². The van der Waals surface area contributed by atoms with Gasteiger partial charge in [-0.2, -0.15) is 5.26 Å². The largest absolute Gasteiger partial charge is 0.480 e. The fourth-order valence-electron chi connectivity index (χ4n) is 2.32. The maximum atomic E-state index is 12.4. The van der Waals surface area contributed by atoms with Crippen LogP contribution in [0.1, 0.15) is 33.1 Å². The maximum Gasteiger partial charge on any atom is 0.326 e. The lowest BCUT2D eigenvalue weighted by molar-refractivity contribution is -0.141. The topological polar surface area (TPSA) is 84.6 Å². The van der Waals surface area contributed by atoms with E-state index in [1.807, 2.05) is 19.9 Å². The van der Waals surface area contributed by atoms with Gasteiger partial charge in [-0.25, -0.2) is 9.59 Å². The second kappa shape index (κ2) is 6.98. The Morgan fingerprint density at radius 2 is 2.21 bits per heavy atom. The summed E-state index contributed by atoms with van der Waals surface area (Å²) >= 11 is 0. The van der Waals surface area contributed by atoms with Crippen LogP contribution >= 0.6 is 0 Å². The first-order valence-electron chi connectivity index (χ1n) is 6.62. The number of carboxylic acids is 1. The molecule has 6 heteroatoms. The Morgan fingerprint density at radius 3 is 2.74 bits per heavy atom. The van der Waals surface area contributed by atoms with E-state index < -0.39 is 12.0 Å². The summed E-state index contributed by atoms with van der Waals surface area (Å²) in [6, 6.07) is 1.05. The third-order valence-corrected chi connectivity index (χ3v) is 3.13. The number of carbonyl (C=O) groups is 2. The molecule has 1 fully saturated rings. The molecule has 0 saturated carbocycles. The smallest absolute Gasteiger partial charge is 0.326 e. The zero-order chi connectivity index (χ0) is 14.4. The molecule has 0 aromatic heterocycles. The second-order valence-electron chi connectivity index (χ2n) is 5.22. The van der Waals surface area contributed by atoms with Gasteiger partial charge in [-0.1, -0.05) is 13.8 Å². The van der Waals surface area contributed by atoms with Gasteiger partial charge >= 0.3 is 12.0 Å². The van der Waals surface area contributed by atoms with Crippen molar-refractivity contribution in [3.05, 3.63) is 0 Å². The van der Waals surface area contributed by atoms with Gasteiger partial charge in [0.1, 0.15) is 6.04 Å². The Balaban J connectivity index is 2.74. The van der Waals surface area contributed by atoms with Crippen LogP contribution in [0.4, 0.5) is 4.79 Å². The molecule has 1 heterocycles. The minimum absolute atomic E-state index is 0.256. The van der Waals surface area contributed by atoms with Crippen molar-refractivity contribution in [1.82, 2.24) is 9.80 Å². The fourth-order valence-corrected chi connectivity index (χ4v) is 2.32. The third kappa shape index (κ3) is 4.12. The average Bonchev–Trinajstić information content (AvgIpc) is 2.82. The zero-order valence-corrected chi connectivity index (χ0v) is 11.5. The lowest BCUT2D eigenvalue weighted by Gasteiger charge is -2.31. The van der Waals surface area contributed by atoms with Crippen LogP contribution in [0, 0.1) is 17.2 Å². The molecule has 0 aromatic carbocycles. The molecule has 0 aliphatic carbocycles. The summed E-state index contributed by atoms with van der Waals surface area (Å²) in [5.41, 5.74) is 0. The average molecular weight is 267 g/mol. The number of hydrogen-bond donors (Lipinski definition) is 1. The number of amides is 2. The van der Waals surface area contributed by atoms with Crippen LogP contribution in [-0.2, 0) is 4.79 Å². The van der Waals surface area contributed by atoms with Crippen molar-refractivity contribution in [1.29, 1.82) is 5.26 Å². The number of carbonyl (C=O) groups excluding carboxylic acids is 1. The number of nitriles is 1. The van der Waals surface area contributed by atoms with Gasteiger partial charge < -0.3 is 14.9 Å². The SMILES string of the molecule is CC(C)CN(CCC#N)C(=O)N1CCC[C@H]1C(=O)O. The van der Waals surface area contributed by atoms with Gasteiger partial charge in [0.2, 0.25) is 0 Å². The standard InChI is InChI=1S/C13H21N3O3/c1-10(2)9-15(7-4-6-14)13(19)16-8-3-5-11(16)12(17)18/h10-11H,3-5,7-9H2,1-2H3,(H,17,18)/t11-/m0/s1. The van der Waals surface area contributed by atoms with Crippen molar-refractivity contribution in [2.45, 2.75) is 39.2 Å². The van der Waals surface area contributed by atoms with Gasteiger partial charge in [0.25, 0.3) is 0 Å². The van der Waals surface area contributed by atoms with Crippen LogP contribution in [0.25, 0.3) is 0 Å². The third-order valence-electron chi connectivity index (χ3n) is 3.13. The Bertz CT molecular complexity index is 376. The van der Waals surface area contributed by atoms with Crippen molar-refractivity contribution in [3.63, 3.8) is 0 Å². The Morgan fingerprint density at radius 1 is 1.53 bits per heavy atom. The number of rotatable bonds is 5. The molecule has 1 N–H and O–H groups in total. The Labute approximate surface area is 113 Å². The van der Waals surface area contributed by atoms with E-state index in [0.29, 0.717) is 26.1 Å². The molecule has 1 rings (SSSR count). The first kappa shape index (κ1) is 15.3. The highest BCUT2D eigenvalue weighted by molar-refractivity contribution is 5.83. The van der Waals surface area contributed by atoms with Crippen molar-refractivity contribution in [3.8, 4) is 6.07 Å². The number of carboxylic acid groups (broad SMARTS) is 1. The molecular formula is C13H21N3O3. The molecular weight excluding hydrogens is 246 g/mol. The highest BCUT2D eigenvalue weighted by Gasteiger charge is 2.36. The summed E-state index contributed by atoms with van der Waals surface area (Å²) in [7, 11) is 0. The maximum absolute atomic E-state index is 12.4. The van der Waals surface area contributed by atoms with Gasteiger partial charge in [0, 0.05) is 19.6 Å². The van der Waals surface area contributed by atoms with E-state index in [0.717, 1.165) is 6.42 Å². The predicted octanol–water partition coefficient (Wildman–Crippen LogP) is 1.53. The Kier molecular flexibility index (Phi) is 5.61. The number of hydrogen-bond acceptors (Lipinski definition) is 3. The van der Waals surface area contributed by atoms with E-state index in [1.165, 1.54) is 4.90 Å². The van der Waals surface area contributed by atoms with Crippen LogP contribution in [0.3, 0.4) is 0 Å². The molecule has 6 nitrogen and oxygen atoms in total. The quantitative estimate of drug-likeness (QED) is 0.818. The normalized spacial score (nSPS) is 18.4. The number of likely N-dealkylation sites (tertiary alicyclic amines) is 1. The summed E-state index contributed by atoms with van der Waals surface area (Å²) in [6.45, 7) is 5.37. The van der Waals surface area contributed by atoms with Crippen molar-refractivity contribution < 1.29 is 14.7 Å². The molecule has 1 saturated heterocycles. The molecule has 0 aromatic rings. The molecule has 106 valence electrons. The molecule has 0 spiro atoms. The van der Waals surface area contributed by atoms with E-state index in [-0.39, 0.29) is 18.4 Å². The van der Waals surface area contributed by atoms with Crippen molar-refractivity contribution in [2.75, 3.05) is 19.6 Å². The van der Waals surface area contributed by atoms with Gasteiger partial charge in [-0.3, -0.25) is 0 Å². The molecule has 1 aliphatic heterocycles. The van der Waals surface area contributed by atoms with E-state index in [2.05, 4.69) is 0 Å². The van der Waals surface area contributed by atoms with Crippen LogP contribution < -0.4 is 0 Å². The molecule has 0 bridgehead atoms. The predicted molar refractivity (Wildman–Crippen MR) is 69.4 cm³/mol. The van der Waals surface area contributed by atoms with Crippen LogP contribution in [0.2, 0.25) is 0 Å². The van der Waals surface area contributed by atoms with Gasteiger partial charge in [0.15, 0.2) is 0 Å². The van der Waals surface area contributed by atoms with Crippen molar-refractivity contribution in [2.24, 2.45) is 5.92 Å². The highest BCUT2D eigenvalue weighted by atomic mass is 16.4. The van der Waals surface area contributed by atoms with Gasteiger partial charge in [-0.05, 0) is 18.8 Å². The van der Waals surface area contributed by atoms with Crippen LogP contribution in [-0.4, -0.2) is 52.6 Å². The first-order valence-corrected chi connectivity index (χ1v) is 6.62. The Hall–Kier alpha value is -1.77. The van der Waals surface area contributed by atoms with Crippen LogP contribution in [0.5, 0.6) is 0 Å².